The maximum Gasteiger partial charge on any atom is 0.253 e. The van der Waals surface area contributed by atoms with E-state index in [1.54, 1.807) is 43.3 Å². The summed E-state index contributed by atoms with van der Waals surface area (Å²) in [6, 6.07) is 14.7. The molecule has 0 bridgehead atoms. The average Bonchev–Trinajstić information content (AvgIpc) is 3.31. The monoisotopic (exact) mass is 422 g/mol. The molecule has 1 fully saturated rings. The lowest BCUT2D eigenvalue weighted by molar-refractivity contribution is -0.128. The van der Waals surface area contributed by atoms with Gasteiger partial charge >= 0.3 is 0 Å². The van der Waals surface area contributed by atoms with Gasteiger partial charge in [0.25, 0.3) is 5.91 Å². The number of nitrogens with one attached hydrogen (secondary N) is 2. The smallest absolute Gasteiger partial charge is 0.253 e. The summed E-state index contributed by atoms with van der Waals surface area (Å²) in [5, 5.41) is 5.93. The van der Waals surface area contributed by atoms with E-state index in [9.17, 15) is 14.4 Å². The van der Waals surface area contributed by atoms with Crippen molar-refractivity contribution in [1.82, 2.24) is 9.80 Å². The highest BCUT2D eigenvalue weighted by Crippen LogP contribution is 2.16. The molecule has 1 aliphatic rings. The van der Waals surface area contributed by atoms with E-state index in [1.165, 1.54) is 0 Å². The third-order valence-electron chi connectivity index (χ3n) is 5.34. The summed E-state index contributed by atoms with van der Waals surface area (Å²) in [7, 11) is 3.51. The first kappa shape index (κ1) is 22.3. The van der Waals surface area contributed by atoms with Gasteiger partial charge in [0, 0.05) is 50.5 Å². The van der Waals surface area contributed by atoms with E-state index in [0.717, 1.165) is 37.2 Å². The zero-order chi connectivity index (χ0) is 22.2. The topological polar surface area (TPSA) is 81.8 Å². The van der Waals surface area contributed by atoms with Gasteiger partial charge in [-0.25, -0.2) is 0 Å². The Bertz CT molecular complexity index is 901. The predicted molar refractivity (Wildman–Crippen MR) is 122 cm³/mol. The maximum absolute atomic E-state index is 12.4. The van der Waals surface area contributed by atoms with Crippen LogP contribution in [0, 0.1) is 0 Å². The van der Waals surface area contributed by atoms with Crippen LogP contribution in [0.4, 0.5) is 11.4 Å². The van der Waals surface area contributed by atoms with E-state index in [0.29, 0.717) is 24.1 Å². The second-order valence-electron chi connectivity index (χ2n) is 7.96. The predicted octanol–water partition coefficient (Wildman–Crippen LogP) is 2.99. The maximum atomic E-state index is 12.4. The van der Waals surface area contributed by atoms with Crippen LogP contribution in [0.3, 0.4) is 0 Å². The molecule has 3 amide bonds. The fraction of sp³-hybridized carbons (Fsp3) is 0.375. The number of anilines is 2. The van der Waals surface area contributed by atoms with Crippen molar-refractivity contribution in [1.29, 1.82) is 0 Å². The molecule has 0 aromatic heterocycles. The van der Waals surface area contributed by atoms with Crippen LogP contribution in [0.2, 0.25) is 0 Å². The van der Waals surface area contributed by atoms with Gasteiger partial charge in [-0.2, -0.15) is 0 Å². The lowest BCUT2D eigenvalue weighted by Gasteiger charge is -2.15. The number of hydrogen-bond donors (Lipinski definition) is 2. The molecule has 164 valence electrons. The normalized spacial score (nSPS) is 13.0. The highest BCUT2D eigenvalue weighted by atomic mass is 16.2. The number of likely N-dealkylation sites (tertiary alicyclic amines) is 1. The second-order valence-corrected chi connectivity index (χ2v) is 7.96. The molecule has 31 heavy (non-hydrogen) atoms. The number of carbonyl (C=O) groups is 3. The number of hydrogen-bond acceptors (Lipinski definition) is 4. The van der Waals surface area contributed by atoms with Gasteiger partial charge in [-0.15, -0.1) is 0 Å². The zero-order valence-corrected chi connectivity index (χ0v) is 18.2. The van der Waals surface area contributed by atoms with Crippen LogP contribution in [0.1, 0.15) is 35.2 Å². The number of aryl methyl sites for hydroxylation is 1. The van der Waals surface area contributed by atoms with Crippen LogP contribution in [0.25, 0.3) is 0 Å². The van der Waals surface area contributed by atoms with E-state index in [1.807, 2.05) is 29.2 Å². The minimum absolute atomic E-state index is 0.0478. The summed E-state index contributed by atoms with van der Waals surface area (Å²) in [4.78, 5) is 39.7. The first-order valence-electron chi connectivity index (χ1n) is 10.6. The molecule has 7 nitrogen and oxygen atoms in total. The molecular formula is C24H30N4O3. The Morgan fingerprint density at radius 2 is 1.52 bits per heavy atom. The van der Waals surface area contributed by atoms with Crippen molar-refractivity contribution in [2.75, 3.05) is 44.4 Å². The van der Waals surface area contributed by atoms with Gasteiger partial charge in [0.2, 0.25) is 11.8 Å². The van der Waals surface area contributed by atoms with E-state index in [-0.39, 0.29) is 24.3 Å². The summed E-state index contributed by atoms with van der Waals surface area (Å²) in [5.74, 6) is -0.0156. The number of benzene rings is 2. The van der Waals surface area contributed by atoms with Crippen molar-refractivity contribution in [3.8, 4) is 0 Å². The van der Waals surface area contributed by atoms with Crippen molar-refractivity contribution in [2.24, 2.45) is 0 Å². The molecule has 0 radical (unpaired) electrons. The Morgan fingerprint density at radius 1 is 0.903 bits per heavy atom. The van der Waals surface area contributed by atoms with Gasteiger partial charge in [0.15, 0.2) is 0 Å². The molecule has 0 spiro atoms. The lowest BCUT2D eigenvalue weighted by Crippen LogP contribution is -2.27. The standard InChI is InChI=1S/C24H30N4O3/c1-27(2)23(30)14-7-18-5-10-20(11-6-18)25-17-22(29)26-21-12-8-19(9-13-21)24(31)28-15-3-4-16-28/h5-6,8-13,25H,3-4,7,14-17H2,1-2H3,(H,26,29). The molecule has 1 saturated heterocycles. The van der Waals surface area contributed by atoms with Gasteiger partial charge < -0.3 is 20.4 Å². The van der Waals surface area contributed by atoms with Gasteiger partial charge in [0.05, 0.1) is 6.54 Å². The first-order valence-corrected chi connectivity index (χ1v) is 10.6. The highest BCUT2D eigenvalue weighted by Gasteiger charge is 2.19. The molecule has 3 rings (SSSR count). The fourth-order valence-corrected chi connectivity index (χ4v) is 3.45. The molecule has 0 saturated carbocycles. The third-order valence-corrected chi connectivity index (χ3v) is 5.34. The van der Waals surface area contributed by atoms with Crippen LogP contribution in [0.5, 0.6) is 0 Å². The summed E-state index contributed by atoms with van der Waals surface area (Å²) in [6.45, 7) is 1.77. The summed E-state index contributed by atoms with van der Waals surface area (Å²) >= 11 is 0. The largest absolute Gasteiger partial charge is 0.376 e. The van der Waals surface area contributed by atoms with Crippen LogP contribution in [-0.2, 0) is 16.0 Å². The van der Waals surface area contributed by atoms with E-state index >= 15 is 0 Å². The first-order chi connectivity index (χ1) is 14.9. The van der Waals surface area contributed by atoms with Crippen molar-refractivity contribution in [2.45, 2.75) is 25.7 Å². The van der Waals surface area contributed by atoms with Crippen molar-refractivity contribution in [3.05, 3.63) is 59.7 Å². The van der Waals surface area contributed by atoms with Gasteiger partial charge in [0.1, 0.15) is 0 Å². The second kappa shape index (κ2) is 10.6. The van der Waals surface area contributed by atoms with Crippen molar-refractivity contribution in [3.63, 3.8) is 0 Å². The van der Waals surface area contributed by atoms with Crippen LogP contribution < -0.4 is 10.6 Å². The molecule has 2 aromatic rings. The van der Waals surface area contributed by atoms with Crippen molar-refractivity contribution < 1.29 is 14.4 Å². The molecule has 0 aliphatic carbocycles. The highest BCUT2D eigenvalue weighted by molar-refractivity contribution is 5.96. The minimum Gasteiger partial charge on any atom is -0.376 e. The zero-order valence-electron chi connectivity index (χ0n) is 18.2. The average molecular weight is 423 g/mol. The fourth-order valence-electron chi connectivity index (χ4n) is 3.45. The number of amides is 3. The Hall–Kier alpha value is -3.35. The molecule has 7 heteroatoms. The molecule has 0 unspecified atom stereocenters. The minimum atomic E-state index is -0.167. The molecular weight excluding hydrogens is 392 g/mol. The van der Waals surface area contributed by atoms with Gasteiger partial charge in [-0.05, 0) is 61.2 Å². The van der Waals surface area contributed by atoms with Gasteiger partial charge in [-0.3, -0.25) is 14.4 Å². The molecule has 1 aliphatic heterocycles. The Balaban J connectivity index is 1.43. The lowest BCUT2D eigenvalue weighted by atomic mass is 10.1. The summed E-state index contributed by atoms with van der Waals surface area (Å²) < 4.78 is 0. The number of carbonyl (C=O) groups excluding carboxylic acids is 3. The van der Waals surface area contributed by atoms with E-state index in [2.05, 4.69) is 10.6 Å². The SMILES string of the molecule is CN(C)C(=O)CCc1ccc(NCC(=O)Nc2ccc(C(=O)N3CCCC3)cc2)cc1. The van der Waals surface area contributed by atoms with Crippen LogP contribution in [0.15, 0.2) is 48.5 Å². The van der Waals surface area contributed by atoms with Crippen LogP contribution in [-0.4, -0.2) is 61.3 Å². The van der Waals surface area contributed by atoms with Crippen molar-refractivity contribution >= 4 is 29.1 Å². The third kappa shape index (κ3) is 6.57. The summed E-state index contributed by atoms with van der Waals surface area (Å²) in [6.07, 6.45) is 3.29. The number of rotatable bonds is 8. The van der Waals surface area contributed by atoms with Crippen LogP contribution >= 0.6 is 0 Å². The van der Waals surface area contributed by atoms with E-state index in [4.69, 9.17) is 0 Å². The number of nitrogens with zero attached hydrogens (tertiary/aromatic N) is 2. The summed E-state index contributed by atoms with van der Waals surface area (Å²) in [5.41, 5.74) is 3.22. The Morgan fingerprint density at radius 3 is 2.13 bits per heavy atom. The quantitative estimate of drug-likeness (QED) is 0.685. The molecule has 2 aromatic carbocycles. The van der Waals surface area contributed by atoms with Gasteiger partial charge in [-0.1, -0.05) is 12.1 Å². The van der Waals surface area contributed by atoms with E-state index < -0.39 is 0 Å². The molecule has 2 N–H and O–H groups in total. The molecule has 1 heterocycles. The molecule has 0 atom stereocenters. The Labute approximate surface area is 183 Å². The Kier molecular flexibility index (Phi) is 7.65.